The smallest absolute Gasteiger partial charge is 0.129 e. The fourth-order valence-electron chi connectivity index (χ4n) is 2.53. The third-order valence-electron chi connectivity index (χ3n) is 3.75. The number of thiophene rings is 1. The summed E-state index contributed by atoms with van der Waals surface area (Å²) in [6.07, 6.45) is 0.369. The van der Waals surface area contributed by atoms with Crippen molar-refractivity contribution in [2.24, 2.45) is 0 Å². The lowest BCUT2D eigenvalue weighted by Crippen LogP contribution is -1.97. The van der Waals surface area contributed by atoms with E-state index in [2.05, 4.69) is 0 Å². The van der Waals surface area contributed by atoms with Crippen LogP contribution < -0.4 is 4.74 Å². The molecule has 1 heterocycles. The monoisotopic (exact) mass is 338 g/mol. The van der Waals surface area contributed by atoms with E-state index in [1.54, 1.807) is 30.6 Å². The number of allylic oxidation sites excluding steroid dienone is 1. The second-order valence-corrected chi connectivity index (χ2v) is 6.22. The highest BCUT2D eigenvalue weighted by Crippen LogP contribution is 2.33. The van der Waals surface area contributed by atoms with E-state index in [9.17, 15) is 9.18 Å². The molecule has 0 aliphatic heterocycles. The SMILES string of the molecule is COc1ccc(-c2cccs2)cc1C(=C=O)Cc1ccc(F)cc1. The molecule has 0 atom stereocenters. The molecule has 4 heteroatoms. The molecule has 0 radical (unpaired) electrons. The van der Waals surface area contributed by atoms with Crippen LogP contribution in [0.5, 0.6) is 5.75 Å². The summed E-state index contributed by atoms with van der Waals surface area (Å²) in [5.74, 6) is 2.35. The molecule has 0 N–H and O–H groups in total. The van der Waals surface area contributed by atoms with Crippen molar-refractivity contribution in [1.82, 2.24) is 0 Å². The summed E-state index contributed by atoms with van der Waals surface area (Å²) < 4.78 is 18.5. The Balaban J connectivity index is 1.99. The number of ether oxygens (including phenoxy) is 1. The molecule has 0 aliphatic carbocycles. The summed E-state index contributed by atoms with van der Waals surface area (Å²) in [7, 11) is 1.57. The minimum absolute atomic E-state index is 0.298. The average Bonchev–Trinajstić information content (AvgIpc) is 3.15. The van der Waals surface area contributed by atoms with Gasteiger partial charge in [0.15, 0.2) is 0 Å². The third-order valence-corrected chi connectivity index (χ3v) is 4.67. The van der Waals surface area contributed by atoms with Crippen LogP contribution in [0, 0.1) is 5.82 Å². The number of hydrogen-bond acceptors (Lipinski definition) is 3. The number of hydrogen-bond donors (Lipinski definition) is 0. The second kappa shape index (κ2) is 7.26. The van der Waals surface area contributed by atoms with Crippen molar-refractivity contribution in [2.45, 2.75) is 6.42 Å². The predicted octanol–water partition coefficient (Wildman–Crippen LogP) is 5.02. The summed E-state index contributed by atoms with van der Waals surface area (Å²) in [4.78, 5) is 12.7. The molecular formula is C20H15FO2S. The van der Waals surface area contributed by atoms with E-state index < -0.39 is 0 Å². The van der Waals surface area contributed by atoms with E-state index in [1.165, 1.54) is 12.1 Å². The van der Waals surface area contributed by atoms with E-state index in [1.807, 2.05) is 41.7 Å². The van der Waals surface area contributed by atoms with Gasteiger partial charge < -0.3 is 4.74 Å². The van der Waals surface area contributed by atoms with E-state index in [-0.39, 0.29) is 5.82 Å². The van der Waals surface area contributed by atoms with Crippen molar-refractivity contribution in [2.75, 3.05) is 7.11 Å². The van der Waals surface area contributed by atoms with Crippen molar-refractivity contribution in [3.8, 4) is 16.2 Å². The Morgan fingerprint density at radius 1 is 1.17 bits per heavy atom. The number of halogens is 1. The van der Waals surface area contributed by atoms with Crippen molar-refractivity contribution in [1.29, 1.82) is 0 Å². The minimum atomic E-state index is -0.298. The second-order valence-electron chi connectivity index (χ2n) is 5.28. The molecule has 120 valence electrons. The van der Waals surface area contributed by atoms with Crippen LogP contribution in [-0.4, -0.2) is 13.1 Å². The molecule has 24 heavy (non-hydrogen) atoms. The van der Waals surface area contributed by atoms with Gasteiger partial charge in [-0.15, -0.1) is 11.3 Å². The Labute approximate surface area is 143 Å². The van der Waals surface area contributed by atoms with Crippen molar-refractivity contribution in [3.05, 3.63) is 76.9 Å². The number of rotatable bonds is 5. The summed E-state index contributed by atoms with van der Waals surface area (Å²) in [6.45, 7) is 0. The molecule has 3 aromatic rings. The molecule has 2 aromatic carbocycles. The van der Waals surface area contributed by atoms with Crippen LogP contribution in [0.3, 0.4) is 0 Å². The Morgan fingerprint density at radius 3 is 2.58 bits per heavy atom. The number of methoxy groups -OCH3 is 1. The summed E-state index contributed by atoms with van der Waals surface area (Å²) >= 11 is 1.63. The van der Waals surface area contributed by atoms with Crippen LogP contribution in [0.15, 0.2) is 60.0 Å². The largest absolute Gasteiger partial charge is 0.496 e. The fourth-order valence-corrected chi connectivity index (χ4v) is 3.26. The lowest BCUT2D eigenvalue weighted by atomic mass is 9.96. The Bertz CT molecular complexity index is 877. The topological polar surface area (TPSA) is 26.3 Å². The Morgan fingerprint density at radius 2 is 1.96 bits per heavy atom. The van der Waals surface area contributed by atoms with Crippen molar-refractivity contribution >= 4 is 22.9 Å². The highest BCUT2D eigenvalue weighted by Gasteiger charge is 2.13. The van der Waals surface area contributed by atoms with Crippen molar-refractivity contribution < 1.29 is 13.9 Å². The molecule has 0 aliphatic rings. The standard InChI is InChI=1S/C20H15FO2S/c1-23-19-9-6-15(20-3-2-10-24-20)12-18(19)16(13-22)11-14-4-7-17(21)8-5-14/h2-10,12H,11H2,1H3. The van der Waals surface area contributed by atoms with Gasteiger partial charge in [0.2, 0.25) is 0 Å². The first-order valence-electron chi connectivity index (χ1n) is 7.42. The van der Waals surface area contributed by atoms with E-state index >= 15 is 0 Å². The zero-order chi connectivity index (χ0) is 16.9. The van der Waals surface area contributed by atoms with E-state index in [4.69, 9.17) is 4.74 Å². The van der Waals surface area contributed by atoms with Gasteiger partial charge in [0.05, 0.1) is 12.7 Å². The first kappa shape index (κ1) is 16.2. The molecule has 0 saturated heterocycles. The van der Waals surface area contributed by atoms with Gasteiger partial charge in [0.25, 0.3) is 0 Å². The maximum atomic E-state index is 13.1. The van der Waals surface area contributed by atoms with Gasteiger partial charge in [-0.1, -0.05) is 18.2 Å². The molecule has 0 spiro atoms. The van der Waals surface area contributed by atoms with E-state index in [0.717, 1.165) is 16.0 Å². The van der Waals surface area contributed by atoms with Crippen molar-refractivity contribution in [3.63, 3.8) is 0 Å². The van der Waals surface area contributed by atoms with Crippen LogP contribution in [0.25, 0.3) is 16.0 Å². The fraction of sp³-hybridized carbons (Fsp3) is 0.100. The maximum absolute atomic E-state index is 13.1. The zero-order valence-corrected chi connectivity index (χ0v) is 13.9. The molecule has 0 bridgehead atoms. The predicted molar refractivity (Wildman–Crippen MR) is 95.5 cm³/mol. The summed E-state index contributed by atoms with van der Waals surface area (Å²) in [5, 5.41) is 2.01. The molecule has 3 rings (SSSR count). The molecular weight excluding hydrogens is 323 g/mol. The van der Waals surface area contributed by atoms with Crippen LogP contribution in [0.2, 0.25) is 0 Å². The lowest BCUT2D eigenvalue weighted by Gasteiger charge is -2.11. The molecule has 0 unspecified atom stereocenters. The first-order chi connectivity index (χ1) is 11.7. The van der Waals surface area contributed by atoms with Gasteiger partial charge in [-0.25, -0.2) is 9.18 Å². The van der Waals surface area contributed by atoms with Crippen LogP contribution in [-0.2, 0) is 11.2 Å². The molecule has 0 saturated carbocycles. The zero-order valence-electron chi connectivity index (χ0n) is 13.1. The minimum Gasteiger partial charge on any atom is -0.496 e. The van der Waals surface area contributed by atoms with Gasteiger partial charge in [-0.3, -0.25) is 0 Å². The normalized spacial score (nSPS) is 10.2. The summed E-state index contributed by atoms with van der Waals surface area (Å²) in [5.41, 5.74) is 3.06. The Kier molecular flexibility index (Phi) is 4.90. The highest BCUT2D eigenvalue weighted by atomic mass is 32.1. The first-order valence-corrected chi connectivity index (χ1v) is 8.30. The molecule has 0 amide bonds. The van der Waals surface area contributed by atoms with Gasteiger partial charge in [-0.2, -0.15) is 0 Å². The average molecular weight is 338 g/mol. The van der Waals surface area contributed by atoms with Crippen LogP contribution in [0.4, 0.5) is 4.39 Å². The van der Waals surface area contributed by atoms with Gasteiger partial charge in [-0.05, 0) is 52.9 Å². The summed E-state index contributed by atoms with van der Waals surface area (Å²) in [6, 6.07) is 15.9. The third kappa shape index (κ3) is 3.46. The van der Waals surface area contributed by atoms with Crippen LogP contribution >= 0.6 is 11.3 Å². The van der Waals surface area contributed by atoms with Gasteiger partial charge >= 0.3 is 0 Å². The Hall–Kier alpha value is -2.68. The number of carbonyl (C=O) groups excluding carboxylic acids is 1. The molecule has 2 nitrogen and oxygen atoms in total. The quantitative estimate of drug-likeness (QED) is 0.611. The van der Waals surface area contributed by atoms with Crippen LogP contribution in [0.1, 0.15) is 11.1 Å². The maximum Gasteiger partial charge on any atom is 0.129 e. The number of benzene rings is 2. The highest BCUT2D eigenvalue weighted by molar-refractivity contribution is 7.13. The lowest BCUT2D eigenvalue weighted by molar-refractivity contribution is 0.413. The molecule has 0 fully saturated rings. The van der Waals surface area contributed by atoms with E-state index in [0.29, 0.717) is 23.3 Å². The van der Waals surface area contributed by atoms with Gasteiger partial charge in [0.1, 0.15) is 17.5 Å². The molecule has 1 aromatic heterocycles. The van der Waals surface area contributed by atoms with Gasteiger partial charge in [0, 0.05) is 16.9 Å².